The Bertz CT molecular complexity index is 1370. The molecular formula is C26H23BrN6O2. The van der Waals surface area contributed by atoms with E-state index in [1.807, 2.05) is 55.6 Å². The molecule has 3 aliphatic rings. The lowest BCUT2D eigenvalue weighted by Crippen LogP contribution is -2.45. The molecule has 3 aliphatic heterocycles. The van der Waals surface area contributed by atoms with Crippen LogP contribution in [0.4, 0.5) is 5.69 Å². The van der Waals surface area contributed by atoms with E-state index >= 15 is 0 Å². The van der Waals surface area contributed by atoms with Crippen molar-refractivity contribution in [2.45, 2.75) is 25.8 Å². The molecule has 2 aromatic carbocycles. The molecule has 0 saturated carbocycles. The summed E-state index contributed by atoms with van der Waals surface area (Å²) >= 11 is 3.45. The van der Waals surface area contributed by atoms with E-state index in [9.17, 15) is 9.59 Å². The van der Waals surface area contributed by atoms with Gasteiger partial charge in [0.25, 0.3) is 5.91 Å². The van der Waals surface area contributed by atoms with E-state index in [0.717, 1.165) is 36.1 Å². The summed E-state index contributed by atoms with van der Waals surface area (Å²) in [4.78, 5) is 37.4. The summed E-state index contributed by atoms with van der Waals surface area (Å²) in [5, 5.41) is 9.28. The minimum absolute atomic E-state index is 0.213. The van der Waals surface area contributed by atoms with E-state index in [-0.39, 0.29) is 17.9 Å². The molecule has 2 unspecified atom stereocenters. The number of para-hydroxylation sites is 1. The average molecular weight is 531 g/mol. The van der Waals surface area contributed by atoms with Crippen LogP contribution in [-0.4, -0.2) is 57.1 Å². The first-order chi connectivity index (χ1) is 17.0. The van der Waals surface area contributed by atoms with Crippen LogP contribution in [0.5, 0.6) is 0 Å². The summed E-state index contributed by atoms with van der Waals surface area (Å²) in [6, 6.07) is 16.5. The lowest BCUT2D eigenvalue weighted by molar-refractivity contribution is -0.122. The van der Waals surface area contributed by atoms with Crippen LogP contribution in [0.2, 0.25) is 0 Å². The molecule has 9 heteroatoms. The highest BCUT2D eigenvalue weighted by molar-refractivity contribution is 9.10. The number of aryl methyl sites for hydroxylation is 1. The van der Waals surface area contributed by atoms with Gasteiger partial charge in [0, 0.05) is 10.7 Å². The fourth-order valence-electron chi connectivity index (χ4n) is 5.13. The second kappa shape index (κ2) is 8.66. The Morgan fingerprint density at radius 3 is 2.34 bits per heavy atom. The first-order valence-corrected chi connectivity index (χ1v) is 12.5. The van der Waals surface area contributed by atoms with Crippen molar-refractivity contribution in [2.24, 2.45) is 10.9 Å². The third-order valence-corrected chi connectivity index (χ3v) is 7.35. The number of benzene rings is 2. The van der Waals surface area contributed by atoms with Crippen molar-refractivity contribution in [1.29, 1.82) is 0 Å². The lowest BCUT2D eigenvalue weighted by atomic mass is 9.88. The number of halogens is 1. The number of nitrogens with zero attached hydrogens (tertiary/aromatic N) is 6. The summed E-state index contributed by atoms with van der Waals surface area (Å²) in [5.41, 5.74) is 3.36. The third-order valence-electron chi connectivity index (χ3n) is 6.82. The van der Waals surface area contributed by atoms with Crippen LogP contribution in [0.25, 0.3) is 11.4 Å². The second-order valence-electron chi connectivity index (χ2n) is 8.97. The van der Waals surface area contributed by atoms with Crippen LogP contribution in [0.15, 0.2) is 69.6 Å². The Morgan fingerprint density at radius 2 is 1.63 bits per heavy atom. The molecule has 2 amide bonds. The summed E-state index contributed by atoms with van der Waals surface area (Å²) in [5.74, 6) is -1.17. The van der Waals surface area contributed by atoms with Crippen molar-refractivity contribution in [2.75, 3.05) is 18.0 Å². The summed E-state index contributed by atoms with van der Waals surface area (Å²) in [6.07, 6.45) is 3.98. The number of carbonyl (C=O) groups is 2. The monoisotopic (exact) mass is 530 g/mol. The maximum Gasteiger partial charge on any atom is 0.264 e. The van der Waals surface area contributed by atoms with Crippen molar-refractivity contribution in [3.05, 3.63) is 76.0 Å². The van der Waals surface area contributed by atoms with Gasteiger partial charge >= 0.3 is 0 Å². The molecule has 176 valence electrons. The van der Waals surface area contributed by atoms with Gasteiger partial charge in [0.2, 0.25) is 5.91 Å². The molecule has 6 rings (SSSR count). The number of aliphatic imine (C=N–C) groups is 1. The van der Waals surface area contributed by atoms with Gasteiger partial charge in [-0.15, -0.1) is 5.10 Å². The molecular weight excluding hydrogens is 508 g/mol. The van der Waals surface area contributed by atoms with Crippen LogP contribution >= 0.6 is 15.9 Å². The van der Waals surface area contributed by atoms with Crippen LogP contribution in [0, 0.1) is 12.8 Å². The number of fused-ring (bicyclic) bond motifs is 1. The van der Waals surface area contributed by atoms with Gasteiger partial charge in [-0.2, -0.15) is 9.90 Å². The molecule has 1 aromatic heterocycles. The highest BCUT2D eigenvalue weighted by Gasteiger charge is 2.52. The molecule has 3 aromatic rings. The fraction of sp³-hybridized carbons (Fsp3) is 0.269. The molecule has 0 spiro atoms. The number of hydrogen-bond acceptors (Lipinski definition) is 6. The topological polar surface area (TPSA) is 83.7 Å². The maximum absolute atomic E-state index is 13.8. The van der Waals surface area contributed by atoms with Crippen molar-refractivity contribution >= 4 is 45.3 Å². The van der Waals surface area contributed by atoms with Gasteiger partial charge in [-0.3, -0.25) is 19.5 Å². The number of amides is 2. The van der Waals surface area contributed by atoms with Gasteiger partial charge in [-0.25, -0.2) is 4.90 Å². The Kier molecular flexibility index (Phi) is 5.46. The third kappa shape index (κ3) is 3.66. The molecule has 4 heterocycles. The number of aromatic nitrogens is 3. The molecule has 0 aliphatic carbocycles. The predicted molar refractivity (Wildman–Crippen MR) is 136 cm³/mol. The van der Waals surface area contributed by atoms with Crippen LogP contribution in [-0.2, 0) is 9.59 Å². The normalized spacial score (nSPS) is 22.4. The van der Waals surface area contributed by atoms with Crippen LogP contribution < -0.4 is 4.90 Å². The van der Waals surface area contributed by atoms with Gasteiger partial charge in [0.15, 0.2) is 0 Å². The Labute approximate surface area is 211 Å². The van der Waals surface area contributed by atoms with Crippen molar-refractivity contribution in [3.8, 4) is 5.69 Å². The van der Waals surface area contributed by atoms with Crippen molar-refractivity contribution in [1.82, 2.24) is 19.9 Å². The Balaban J connectivity index is 1.48. The number of rotatable bonds is 4. The quantitative estimate of drug-likeness (QED) is 0.479. The predicted octanol–water partition coefficient (Wildman–Crippen LogP) is 3.79. The number of likely N-dealkylation sites (tertiary alicyclic amines) is 1. The molecule has 2 atom stereocenters. The highest BCUT2D eigenvalue weighted by Crippen LogP contribution is 2.41. The lowest BCUT2D eigenvalue weighted by Gasteiger charge is -2.31. The number of hydrogen-bond donors (Lipinski definition) is 0. The van der Waals surface area contributed by atoms with Crippen molar-refractivity contribution in [3.63, 3.8) is 0 Å². The SMILES string of the molecule is Cc1nn(-c2ccc(Br)cc2)nc1C1=C2C(=O)N(c3ccccc3)C(=O)C2C(N2CCCC2)C=N1. The molecule has 8 nitrogen and oxygen atoms in total. The number of anilines is 1. The zero-order valence-corrected chi connectivity index (χ0v) is 20.7. The van der Waals surface area contributed by atoms with E-state index in [0.29, 0.717) is 28.3 Å². The standard InChI is InChI=1S/C26H23BrN6O2/c1-16-23(30-33(29-16)19-11-9-17(27)10-12-19)24-22-21(20(15-28-24)31-13-5-6-14-31)25(34)32(26(22)35)18-7-3-2-4-8-18/h2-4,7-12,15,20-21H,5-6,13-14H2,1H3. The zero-order chi connectivity index (χ0) is 24.1. The average Bonchev–Trinajstić information content (AvgIpc) is 3.59. The molecule has 0 radical (unpaired) electrons. The van der Waals surface area contributed by atoms with Gasteiger partial charge < -0.3 is 0 Å². The molecule has 2 saturated heterocycles. The summed E-state index contributed by atoms with van der Waals surface area (Å²) < 4.78 is 0.957. The van der Waals surface area contributed by atoms with E-state index in [2.05, 4.69) is 25.9 Å². The van der Waals surface area contributed by atoms with Gasteiger partial charge in [-0.1, -0.05) is 34.1 Å². The van der Waals surface area contributed by atoms with Crippen LogP contribution in [0.3, 0.4) is 0 Å². The summed E-state index contributed by atoms with van der Waals surface area (Å²) in [6.45, 7) is 3.63. The Hall–Kier alpha value is -3.43. The first-order valence-electron chi connectivity index (χ1n) is 11.7. The highest BCUT2D eigenvalue weighted by atomic mass is 79.9. The van der Waals surface area contributed by atoms with E-state index in [1.165, 1.54) is 9.70 Å². The van der Waals surface area contributed by atoms with E-state index in [1.54, 1.807) is 12.1 Å². The fourth-order valence-corrected chi connectivity index (χ4v) is 5.39. The number of imide groups is 1. The minimum Gasteiger partial charge on any atom is -0.294 e. The van der Waals surface area contributed by atoms with E-state index in [4.69, 9.17) is 10.1 Å². The molecule has 0 bridgehead atoms. The Morgan fingerprint density at radius 1 is 0.914 bits per heavy atom. The number of carbonyl (C=O) groups excluding carboxylic acids is 2. The van der Waals surface area contributed by atoms with Gasteiger partial charge in [-0.05, 0) is 69.3 Å². The molecule has 2 fully saturated rings. The molecule has 0 N–H and O–H groups in total. The van der Waals surface area contributed by atoms with Crippen LogP contribution in [0.1, 0.15) is 24.2 Å². The second-order valence-corrected chi connectivity index (χ2v) is 9.88. The first kappa shape index (κ1) is 22.1. The smallest absolute Gasteiger partial charge is 0.264 e. The maximum atomic E-state index is 13.8. The van der Waals surface area contributed by atoms with E-state index < -0.39 is 5.92 Å². The van der Waals surface area contributed by atoms with Gasteiger partial charge in [0.1, 0.15) is 11.4 Å². The zero-order valence-electron chi connectivity index (χ0n) is 19.1. The molecule has 35 heavy (non-hydrogen) atoms. The summed E-state index contributed by atoms with van der Waals surface area (Å²) in [7, 11) is 0. The largest absolute Gasteiger partial charge is 0.294 e. The minimum atomic E-state index is -0.620. The van der Waals surface area contributed by atoms with Gasteiger partial charge in [0.05, 0.1) is 34.6 Å². The van der Waals surface area contributed by atoms with Crippen molar-refractivity contribution < 1.29 is 9.59 Å².